The number of rotatable bonds is 3. The van der Waals surface area contributed by atoms with Crippen molar-refractivity contribution in [2.75, 3.05) is 19.6 Å². The summed E-state index contributed by atoms with van der Waals surface area (Å²) >= 11 is 0. The minimum atomic E-state index is -0.394. The van der Waals surface area contributed by atoms with Crippen LogP contribution in [0.4, 0.5) is 0 Å². The van der Waals surface area contributed by atoms with E-state index in [0.717, 1.165) is 0 Å². The van der Waals surface area contributed by atoms with E-state index in [1.807, 2.05) is 0 Å². The molecule has 2 N–H and O–H groups in total. The zero-order valence-corrected chi connectivity index (χ0v) is 7.10. The Hall–Kier alpha value is -1.46. The molecule has 0 saturated carbocycles. The highest BCUT2D eigenvalue weighted by molar-refractivity contribution is 5.82. The second-order valence-electron chi connectivity index (χ2n) is 3.01. The maximum Gasteiger partial charge on any atom is 0.247 e. The average Bonchev–Trinajstić information content (AvgIpc) is 2.52. The summed E-state index contributed by atoms with van der Waals surface area (Å²) in [5.41, 5.74) is 5.07. The molecule has 0 aromatic rings. The van der Waals surface area contributed by atoms with Crippen LogP contribution >= 0.6 is 0 Å². The van der Waals surface area contributed by atoms with E-state index in [-0.39, 0.29) is 18.4 Å². The molecule has 0 aromatic heterocycles. The SMILES string of the molecule is NC(=O)C1CCN(C(=O)CN=O)C1. The summed E-state index contributed by atoms with van der Waals surface area (Å²) in [6, 6.07) is 0. The summed E-state index contributed by atoms with van der Waals surface area (Å²) in [4.78, 5) is 33.1. The highest BCUT2D eigenvalue weighted by Crippen LogP contribution is 2.15. The van der Waals surface area contributed by atoms with Gasteiger partial charge in [0.15, 0.2) is 6.54 Å². The number of amides is 2. The minimum absolute atomic E-state index is 0.268. The summed E-state index contributed by atoms with van der Waals surface area (Å²) in [5.74, 6) is -0.997. The van der Waals surface area contributed by atoms with Crippen LogP contribution in [0, 0.1) is 10.8 Å². The molecule has 1 heterocycles. The quantitative estimate of drug-likeness (QED) is 0.576. The molecule has 1 fully saturated rings. The van der Waals surface area contributed by atoms with Crippen LogP contribution in [-0.2, 0) is 9.59 Å². The van der Waals surface area contributed by atoms with E-state index in [1.54, 1.807) is 0 Å². The fourth-order valence-electron chi connectivity index (χ4n) is 1.37. The van der Waals surface area contributed by atoms with E-state index in [9.17, 15) is 14.5 Å². The van der Waals surface area contributed by atoms with Gasteiger partial charge in [0.2, 0.25) is 11.8 Å². The standard InChI is InChI=1S/C7H11N3O3/c8-7(12)5-1-2-10(4-5)6(11)3-9-13/h5H,1-4H2,(H2,8,12). The van der Waals surface area contributed by atoms with E-state index >= 15 is 0 Å². The van der Waals surface area contributed by atoms with Gasteiger partial charge in [-0.05, 0) is 6.42 Å². The van der Waals surface area contributed by atoms with Gasteiger partial charge >= 0.3 is 0 Å². The van der Waals surface area contributed by atoms with Crippen LogP contribution in [-0.4, -0.2) is 36.3 Å². The Morgan fingerprint density at radius 2 is 2.23 bits per heavy atom. The maximum atomic E-state index is 11.1. The van der Waals surface area contributed by atoms with Crippen molar-refractivity contribution in [3.05, 3.63) is 4.91 Å². The number of hydrogen-bond acceptors (Lipinski definition) is 4. The Morgan fingerprint density at radius 3 is 2.69 bits per heavy atom. The van der Waals surface area contributed by atoms with Crippen LogP contribution in [0.1, 0.15) is 6.42 Å². The second kappa shape index (κ2) is 3.97. The van der Waals surface area contributed by atoms with Crippen molar-refractivity contribution in [1.82, 2.24) is 4.90 Å². The van der Waals surface area contributed by atoms with Crippen molar-refractivity contribution >= 4 is 11.8 Å². The number of nitroso groups, excluding NO2 is 1. The van der Waals surface area contributed by atoms with E-state index in [4.69, 9.17) is 5.73 Å². The van der Waals surface area contributed by atoms with Gasteiger partial charge in [-0.2, -0.15) is 4.91 Å². The van der Waals surface area contributed by atoms with Crippen LogP contribution in [0.3, 0.4) is 0 Å². The predicted molar refractivity (Wildman–Crippen MR) is 44.5 cm³/mol. The average molecular weight is 185 g/mol. The molecule has 6 nitrogen and oxygen atoms in total. The van der Waals surface area contributed by atoms with E-state index in [1.165, 1.54) is 4.90 Å². The molecule has 13 heavy (non-hydrogen) atoms. The molecule has 1 aliphatic heterocycles. The van der Waals surface area contributed by atoms with Crippen LogP contribution < -0.4 is 5.73 Å². The fraction of sp³-hybridized carbons (Fsp3) is 0.714. The molecule has 1 unspecified atom stereocenters. The molecular formula is C7H11N3O3. The molecular weight excluding hydrogens is 174 g/mol. The Labute approximate surface area is 75.0 Å². The monoisotopic (exact) mass is 185 g/mol. The molecule has 1 atom stereocenters. The van der Waals surface area contributed by atoms with Gasteiger partial charge in [0.05, 0.1) is 5.92 Å². The first-order valence-electron chi connectivity index (χ1n) is 4.01. The number of primary amides is 1. The molecule has 2 amide bonds. The van der Waals surface area contributed by atoms with E-state index < -0.39 is 5.91 Å². The van der Waals surface area contributed by atoms with Crippen LogP contribution in [0.5, 0.6) is 0 Å². The first-order chi connectivity index (χ1) is 6.15. The third kappa shape index (κ3) is 2.24. The molecule has 0 radical (unpaired) electrons. The molecule has 0 spiro atoms. The molecule has 1 rings (SSSR count). The lowest BCUT2D eigenvalue weighted by atomic mass is 10.1. The van der Waals surface area contributed by atoms with Gasteiger partial charge in [0.1, 0.15) is 0 Å². The Bertz CT molecular complexity index is 241. The third-order valence-electron chi connectivity index (χ3n) is 2.14. The zero-order chi connectivity index (χ0) is 9.84. The van der Waals surface area contributed by atoms with Crippen LogP contribution in [0.25, 0.3) is 0 Å². The Balaban J connectivity index is 2.44. The van der Waals surface area contributed by atoms with Gasteiger partial charge in [-0.3, -0.25) is 9.59 Å². The number of nitrogens with zero attached hydrogens (tertiary/aromatic N) is 2. The van der Waals surface area contributed by atoms with E-state index in [2.05, 4.69) is 5.18 Å². The number of carbonyl (C=O) groups excluding carboxylic acids is 2. The van der Waals surface area contributed by atoms with Gasteiger partial charge < -0.3 is 10.6 Å². The van der Waals surface area contributed by atoms with Crippen molar-refractivity contribution in [3.8, 4) is 0 Å². The fourth-order valence-corrected chi connectivity index (χ4v) is 1.37. The lowest BCUT2D eigenvalue weighted by molar-refractivity contribution is -0.129. The molecule has 72 valence electrons. The molecule has 1 aliphatic rings. The largest absolute Gasteiger partial charge is 0.369 e. The lowest BCUT2D eigenvalue weighted by Gasteiger charge is -2.13. The molecule has 0 aromatic carbocycles. The van der Waals surface area contributed by atoms with Gasteiger partial charge in [-0.1, -0.05) is 5.18 Å². The smallest absolute Gasteiger partial charge is 0.247 e. The summed E-state index contributed by atoms with van der Waals surface area (Å²) < 4.78 is 0. The molecule has 0 aliphatic carbocycles. The van der Waals surface area contributed by atoms with Crippen molar-refractivity contribution < 1.29 is 9.59 Å². The summed E-state index contributed by atoms with van der Waals surface area (Å²) in [7, 11) is 0. The van der Waals surface area contributed by atoms with Gasteiger partial charge in [-0.25, -0.2) is 0 Å². The highest BCUT2D eigenvalue weighted by Gasteiger charge is 2.29. The maximum absolute atomic E-state index is 11.1. The summed E-state index contributed by atoms with van der Waals surface area (Å²) in [6.07, 6.45) is 0.583. The Morgan fingerprint density at radius 1 is 1.54 bits per heavy atom. The lowest BCUT2D eigenvalue weighted by Crippen LogP contribution is -2.32. The topological polar surface area (TPSA) is 92.8 Å². The zero-order valence-electron chi connectivity index (χ0n) is 7.10. The summed E-state index contributed by atoms with van der Waals surface area (Å²) in [6.45, 7) is 0.455. The first-order valence-corrected chi connectivity index (χ1v) is 4.01. The third-order valence-corrected chi connectivity index (χ3v) is 2.14. The normalized spacial score (nSPS) is 21.5. The number of carbonyl (C=O) groups is 2. The summed E-state index contributed by atoms with van der Waals surface area (Å²) in [5, 5.41) is 2.49. The van der Waals surface area contributed by atoms with Gasteiger partial charge in [0, 0.05) is 13.1 Å². The minimum Gasteiger partial charge on any atom is -0.369 e. The second-order valence-corrected chi connectivity index (χ2v) is 3.01. The Kier molecular flexibility index (Phi) is 2.94. The highest BCUT2D eigenvalue weighted by atomic mass is 16.3. The van der Waals surface area contributed by atoms with Crippen molar-refractivity contribution in [3.63, 3.8) is 0 Å². The molecule has 6 heteroatoms. The van der Waals surface area contributed by atoms with Crippen LogP contribution in [0.2, 0.25) is 0 Å². The molecule has 1 saturated heterocycles. The van der Waals surface area contributed by atoms with Gasteiger partial charge in [0.25, 0.3) is 0 Å². The number of likely N-dealkylation sites (tertiary alicyclic amines) is 1. The van der Waals surface area contributed by atoms with Gasteiger partial charge in [-0.15, -0.1) is 0 Å². The first kappa shape index (κ1) is 9.63. The number of hydrogen-bond donors (Lipinski definition) is 1. The van der Waals surface area contributed by atoms with E-state index in [0.29, 0.717) is 19.5 Å². The van der Waals surface area contributed by atoms with Crippen LogP contribution in [0.15, 0.2) is 5.18 Å². The number of nitrogens with two attached hydrogens (primary N) is 1. The van der Waals surface area contributed by atoms with Crippen molar-refractivity contribution in [2.45, 2.75) is 6.42 Å². The van der Waals surface area contributed by atoms with Crippen molar-refractivity contribution in [2.24, 2.45) is 16.8 Å². The predicted octanol–water partition coefficient (Wildman–Crippen LogP) is -0.913. The van der Waals surface area contributed by atoms with Crippen molar-refractivity contribution in [1.29, 1.82) is 0 Å². The molecule has 0 bridgehead atoms.